The highest BCUT2D eigenvalue weighted by Crippen LogP contribution is 2.22. The lowest BCUT2D eigenvalue weighted by Gasteiger charge is -2.06. The lowest BCUT2D eigenvalue weighted by molar-refractivity contribution is 0.0950. The van der Waals surface area contributed by atoms with Gasteiger partial charge in [-0.15, -0.1) is 0 Å². The van der Waals surface area contributed by atoms with Gasteiger partial charge in [0, 0.05) is 17.3 Å². The smallest absolute Gasteiger partial charge is 0.251 e. The van der Waals surface area contributed by atoms with Gasteiger partial charge in [-0.1, -0.05) is 24.3 Å². The number of hydrogen-bond acceptors (Lipinski definition) is 4. The van der Waals surface area contributed by atoms with Gasteiger partial charge in [0.25, 0.3) is 5.91 Å². The first-order valence-electron chi connectivity index (χ1n) is 9.41. The number of benzene rings is 2. The summed E-state index contributed by atoms with van der Waals surface area (Å²) in [7, 11) is 0. The van der Waals surface area contributed by atoms with E-state index in [9.17, 15) is 4.79 Å². The molecule has 0 aliphatic heterocycles. The molecule has 5 rings (SSSR count). The third-order valence-electron chi connectivity index (χ3n) is 4.94. The van der Waals surface area contributed by atoms with Crippen LogP contribution in [0.25, 0.3) is 27.9 Å². The molecule has 0 spiro atoms. The van der Waals surface area contributed by atoms with Gasteiger partial charge in [-0.2, -0.15) is 5.26 Å². The Kier molecular flexibility index (Phi) is 4.23. The van der Waals surface area contributed by atoms with Crippen LogP contribution in [0.3, 0.4) is 0 Å². The summed E-state index contributed by atoms with van der Waals surface area (Å²) in [5.74, 6) is 0.510. The van der Waals surface area contributed by atoms with E-state index in [1.54, 1.807) is 30.5 Å². The van der Waals surface area contributed by atoms with Crippen molar-refractivity contribution in [2.24, 2.45) is 0 Å². The van der Waals surface area contributed by atoms with E-state index in [2.05, 4.69) is 26.3 Å². The fourth-order valence-electron chi connectivity index (χ4n) is 3.41. The molecule has 2 aromatic carbocycles. The maximum Gasteiger partial charge on any atom is 0.251 e. The Labute approximate surface area is 171 Å². The number of nitrogens with zero attached hydrogens (tertiary/aromatic N) is 4. The number of nitrogens with one attached hydrogen (secondary N) is 2. The molecule has 0 aliphatic carbocycles. The molecule has 1 amide bonds. The number of pyridine rings is 1. The molecule has 5 aromatic rings. The quantitative estimate of drug-likeness (QED) is 0.487. The number of H-pyrrole nitrogens is 1. The lowest BCUT2D eigenvalue weighted by Crippen LogP contribution is -2.23. The van der Waals surface area contributed by atoms with Crippen LogP contribution >= 0.6 is 0 Å². The van der Waals surface area contributed by atoms with Gasteiger partial charge in [-0.3, -0.25) is 9.20 Å². The van der Waals surface area contributed by atoms with Crippen LogP contribution in [0.4, 0.5) is 0 Å². The number of fused-ring (bicyclic) bond motifs is 2. The molecule has 0 saturated heterocycles. The third kappa shape index (κ3) is 3.16. The minimum Gasteiger partial charge on any atom is -0.345 e. The SMILES string of the molecule is N#Cc1ccc(-c2cnc3cc(C(=O)NCc4nc5ccccc5[nH]4)ccn23)cc1. The second-order valence-corrected chi connectivity index (χ2v) is 6.86. The number of para-hydroxylation sites is 2. The van der Waals surface area contributed by atoms with Crippen LogP contribution in [0.15, 0.2) is 73.1 Å². The van der Waals surface area contributed by atoms with E-state index in [1.807, 2.05) is 47.0 Å². The van der Waals surface area contributed by atoms with Crippen molar-refractivity contribution in [3.63, 3.8) is 0 Å². The van der Waals surface area contributed by atoms with Gasteiger partial charge in [0.1, 0.15) is 11.5 Å². The molecule has 0 fully saturated rings. The first kappa shape index (κ1) is 17.6. The normalized spacial score (nSPS) is 10.9. The topological polar surface area (TPSA) is 98.9 Å². The molecule has 7 nitrogen and oxygen atoms in total. The van der Waals surface area contributed by atoms with E-state index in [-0.39, 0.29) is 5.91 Å². The number of carbonyl (C=O) groups is 1. The summed E-state index contributed by atoms with van der Waals surface area (Å²) in [4.78, 5) is 24.7. The Morgan fingerprint density at radius 2 is 1.97 bits per heavy atom. The Hall–Kier alpha value is -4.44. The van der Waals surface area contributed by atoms with Gasteiger partial charge in [0.05, 0.1) is 41.1 Å². The zero-order valence-electron chi connectivity index (χ0n) is 15.8. The molecule has 0 bridgehead atoms. The number of rotatable bonds is 4. The zero-order chi connectivity index (χ0) is 20.5. The molecule has 3 heterocycles. The molecule has 0 saturated carbocycles. The zero-order valence-corrected chi connectivity index (χ0v) is 15.8. The van der Waals surface area contributed by atoms with Crippen LogP contribution in [0.1, 0.15) is 21.7 Å². The molecule has 30 heavy (non-hydrogen) atoms. The van der Waals surface area contributed by atoms with E-state index in [0.717, 1.165) is 22.3 Å². The van der Waals surface area contributed by atoms with Crippen LogP contribution in [0.2, 0.25) is 0 Å². The number of carbonyl (C=O) groups excluding carboxylic acids is 1. The summed E-state index contributed by atoms with van der Waals surface area (Å²) < 4.78 is 1.91. The van der Waals surface area contributed by atoms with Crippen LogP contribution in [-0.2, 0) is 6.54 Å². The van der Waals surface area contributed by atoms with Crippen LogP contribution in [0, 0.1) is 11.3 Å². The molecular weight excluding hydrogens is 376 g/mol. The van der Waals surface area contributed by atoms with Crippen molar-refractivity contribution in [2.45, 2.75) is 6.54 Å². The summed E-state index contributed by atoms with van der Waals surface area (Å²) in [6.07, 6.45) is 3.58. The number of aromatic nitrogens is 4. The molecule has 2 N–H and O–H groups in total. The fourth-order valence-corrected chi connectivity index (χ4v) is 3.41. The minimum atomic E-state index is -0.194. The summed E-state index contributed by atoms with van der Waals surface area (Å²) in [5.41, 5.74) is 5.46. The average molecular weight is 392 g/mol. The van der Waals surface area contributed by atoms with Crippen molar-refractivity contribution in [1.29, 1.82) is 5.26 Å². The van der Waals surface area contributed by atoms with Crippen LogP contribution in [-0.4, -0.2) is 25.3 Å². The van der Waals surface area contributed by atoms with Gasteiger partial charge in [0.2, 0.25) is 0 Å². The van der Waals surface area contributed by atoms with Crippen molar-refractivity contribution < 1.29 is 4.79 Å². The van der Waals surface area contributed by atoms with E-state index in [1.165, 1.54) is 0 Å². The predicted molar refractivity (Wildman–Crippen MR) is 113 cm³/mol. The average Bonchev–Trinajstić information content (AvgIpc) is 3.40. The highest BCUT2D eigenvalue weighted by Gasteiger charge is 2.11. The Morgan fingerprint density at radius 3 is 2.77 bits per heavy atom. The molecule has 0 unspecified atom stereocenters. The number of imidazole rings is 2. The highest BCUT2D eigenvalue weighted by molar-refractivity contribution is 5.95. The third-order valence-corrected chi connectivity index (χ3v) is 4.94. The van der Waals surface area contributed by atoms with Crippen molar-refractivity contribution >= 4 is 22.6 Å². The summed E-state index contributed by atoms with van der Waals surface area (Å²) in [5, 5.41) is 11.8. The molecular formula is C23H16N6O. The predicted octanol–water partition coefficient (Wildman–Crippen LogP) is 3.68. The van der Waals surface area contributed by atoms with Gasteiger partial charge in [-0.05, 0) is 36.4 Å². The monoisotopic (exact) mass is 392 g/mol. The Balaban J connectivity index is 1.35. The summed E-state index contributed by atoms with van der Waals surface area (Å²) in [6, 6.07) is 20.7. The van der Waals surface area contributed by atoms with Gasteiger partial charge < -0.3 is 10.3 Å². The molecule has 0 radical (unpaired) electrons. The molecule has 144 valence electrons. The molecule has 0 atom stereocenters. The van der Waals surface area contributed by atoms with Gasteiger partial charge in [0.15, 0.2) is 0 Å². The van der Waals surface area contributed by atoms with E-state index in [0.29, 0.717) is 29.1 Å². The second-order valence-electron chi connectivity index (χ2n) is 6.86. The summed E-state index contributed by atoms with van der Waals surface area (Å²) >= 11 is 0. The maximum atomic E-state index is 12.6. The first-order chi connectivity index (χ1) is 14.7. The van der Waals surface area contributed by atoms with E-state index < -0.39 is 0 Å². The molecule has 3 aromatic heterocycles. The van der Waals surface area contributed by atoms with Crippen molar-refractivity contribution in [1.82, 2.24) is 24.7 Å². The summed E-state index contributed by atoms with van der Waals surface area (Å²) in [6.45, 7) is 0.309. The Bertz CT molecular complexity index is 1390. The highest BCUT2D eigenvalue weighted by atomic mass is 16.1. The van der Waals surface area contributed by atoms with E-state index in [4.69, 9.17) is 5.26 Å². The second kappa shape index (κ2) is 7.18. The van der Waals surface area contributed by atoms with Gasteiger partial charge >= 0.3 is 0 Å². The standard InChI is InChI=1S/C23H16N6O/c24-12-15-5-7-16(8-6-15)20-13-25-22-11-17(9-10-29(20)22)23(30)26-14-21-27-18-3-1-2-4-19(18)28-21/h1-11,13H,14H2,(H,26,30)(H,27,28). The largest absolute Gasteiger partial charge is 0.345 e. The Morgan fingerprint density at radius 1 is 1.13 bits per heavy atom. The van der Waals surface area contributed by atoms with Crippen LogP contribution in [0.5, 0.6) is 0 Å². The number of amides is 1. The van der Waals surface area contributed by atoms with Crippen molar-refractivity contribution in [3.05, 3.63) is 90.0 Å². The number of hydrogen-bond donors (Lipinski definition) is 2. The van der Waals surface area contributed by atoms with Crippen LogP contribution < -0.4 is 5.32 Å². The fraction of sp³-hybridized carbons (Fsp3) is 0.0435. The maximum absolute atomic E-state index is 12.6. The molecule has 7 heteroatoms. The number of aromatic amines is 1. The first-order valence-corrected chi connectivity index (χ1v) is 9.41. The number of nitriles is 1. The van der Waals surface area contributed by atoms with Gasteiger partial charge in [-0.25, -0.2) is 9.97 Å². The van der Waals surface area contributed by atoms with Crippen molar-refractivity contribution in [2.75, 3.05) is 0 Å². The van der Waals surface area contributed by atoms with Crippen molar-refractivity contribution in [3.8, 4) is 17.3 Å². The van der Waals surface area contributed by atoms with E-state index >= 15 is 0 Å². The minimum absolute atomic E-state index is 0.194. The lowest BCUT2D eigenvalue weighted by atomic mass is 10.1. The molecule has 0 aliphatic rings.